The minimum Gasteiger partial charge on any atom is -0.326 e. The summed E-state index contributed by atoms with van der Waals surface area (Å²) in [5.74, 6) is 0.839. The Hall–Kier alpha value is -0.340. The largest absolute Gasteiger partial charge is 0.326 e. The zero-order valence-electron chi connectivity index (χ0n) is 8.50. The van der Waals surface area contributed by atoms with Crippen LogP contribution in [0.5, 0.6) is 0 Å². The van der Waals surface area contributed by atoms with E-state index in [1.165, 1.54) is 31.4 Å². The van der Waals surface area contributed by atoms with Gasteiger partial charge in [0.05, 0.1) is 0 Å². The fourth-order valence-electron chi connectivity index (χ4n) is 2.12. The van der Waals surface area contributed by atoms with Crippen LogP contribution in [0.15, 0.2) is 11.6 Å². The fourth-order valence-corrected chi connectivity index (χ4v) is 2.12. The quantitative estimate of drug-likeness (QED) is 0.665. The predicted molar refractivity (Wildman–Crippen MR) is 55.5 cm³/mol. The van der Waals surface area contributed by atoms with Gasteiger partial charge in [0.1, 0.15) is 0 Å². The second-order valence-corrected chi connectivity index (χ2v) is 4.58. The fraction of sp³-hybridized carbons (Fsp3) is 0.818. The molecule has 0 aromatic rings. The van der Waals surface area contributed by atoms with Crippen molar-refractivity contribution in [1.29, 1.82) is 0 Å². The van der Waals surface area contributed by atoms with Gasteiger partial charge in [-0.2, -0.15) is 0 Å². The Labute approximate surface area is 80.8 Å². The Morgan fingerprint density at radius 3 is 3.00 bits per heavy atom. The maximum Gasteiger partial charge on any atom is 0.0196 e. The maximum absolute atomic E-state index is 6.09. The van der Waals surface area contributed by atoms with Gasteiger partial charge in [0.15, 0.2) is 0 Å². The summed E-state index contributed by atoms with van der Waals surface area (Å²) in [6.45, 7) is 5.67. The van der Waals surface area contributed by atoms with Gasteiger partial charge in [-0.1, -0.05) is 11.6 Å². The predicted octanol–water partition coefficient (Wildman–Crippen LogP) is 1.38. The first-order valence-corrected chi connectivity index (χ1v) is 5.39. The van der Waals surface area contributed by atoms with Crippen LogP contribution in [0, 0.1) is 5.92 Å². The molecule has 74 valence electrons. The zero-order chi connectivity index (χ0) is 9.26. The third kappa shape index (κ3) is 2.55. The molecule has 1 aliphatic heterocycles. The van der Waals surface area contributed by atoms with Crippen molar-refractivity contribution in [1.82, 2.24) is 4.90 Å². The van der Waals surface area contributed by atoms with E-state index in [-0.39, 0.29) is 0 Å². The van der Waals surface area contributed by atoms with E-state index in [9.17, 15) is 0 Å². The number of rotatable bonds is 3. The van der Waals surface area contributed by atoms with E-state index in [1.807, 2.05) is 0 Å². The lowest BCUT2D eigenvalue weighted by Gasteiger charge is -2.28. The third-order valence-corrected chi connectivity index (χ3v) is 3.11. The summed E-state index contributed by atoms with van der Waals surface area (Å²) < 4.78 is 0. The molecule has 2 N–H and O–H groups in total. The zero-order valence-corrected chi connectivity index (χ0v) is 8.50. The van der Waals surface area contributed by atoms with Crippen molar-refractivity contribution in [3.05, 3.63) is 11.6 Å². The highest BCUT2D eigenvalue weighted by Gasteiger charge is 2.29. The summed E-state index contributed by atoms with van der Waals surface area (Å²) in [4.78, 5) is 2.50. The molecule has 0 bridgehead atoms. The number of hydrogen-bond acceptors (Lipinski definition) is 2. The van der Waals surface area contributed by atoms with Crippen LogP contribution in [0.25, 0.3) is 0 Å². The standard InChI is InChI=1S/C11H20N2/c1-9-3-2-6-13(7-9)8-11(12)10-4-5-10/h3,10-11H,2,4-8,12H2,1H3. The molecular weight excluding hydrogens is 160 g/mol. The van der Waals surface area contributed by atoms with Gasteiger partial charge in [-0.15, -0.1) is 0 Å². The lowest BCUT2D eigenvalue weighted by Crippen LogP contribution is -2.41. The van der Waals surface area contributed by atoms with Crippen molar-refractivity contribution in [2.75, 3.05) is 19.6 Å². The Morgan fingerprint density at radius 1 is 1.62 bits per heavy atom. The molecule has 1 fully saturated rings. The van der Waals surface area contributed by atoms with Crippen molar-refractivity contribution in [3.8, 4) is 0 Å². The molecule has 1 saturated carbocycles. The van der Waals surface area contributed by atoms with Gasteiger partial charge in [-0.3, -0.25) is 4.90 Å². The van der Waals surface area contributed by atoms with E-state index in [4.69, 9.17) is 5.73 Å². The number of nitrogens with two attached hydrogens (primary N) is 1. The van der Waals surface area contributed by atoms with Crippen molar-refractivity contribution < 1.29 is 0 Å². The molecule has 2 aliphatic rings. The lowest BCUT2D eigenvalue weighted by atomic mass is 10.1. The highest BCUT2D eigenvalue weighted by molar-refractivity contribution is 5.05. The van der Waals surface area contributed by atoms with Gasteiger partial charge in [0.25, 0.3) is 0 Å². The smallest absolute Gasteiger partial charge is 0.0196 e. The van der Waals surface area contributed by atoms with Crippen LogP contribution in [-0.2, 0) is 0 Å². The van der Waals surface area contributed by atoms with Crippen LogP contribution < -0.4 is 5.73 Å². The Kier molecular flexibility index (Phi) is 2.70. The van der Waals surface area contributed by atoms with Crippen molar-refractivity contribution in [2.45, 2.75) is 32.2 Å². The average molecular weight is 180 g/mol. The van der Waals surface area contributed by atoms with Gasteiger partial charge >= 0.3 is 0 Å². The number of hydrogen-bond donors (Lipinski definition) is 1. The highest BCUT2D eigenvalue weighted by Crippen LogP contribution is 2.32. The van der Waals surface area contributed by atoms with Crippen LogP contribution in [0.3, 0.4) is 0 Å². The molecule has 0 aromatic carbocycles. The summed E-state index contributed by atoms with van der Waals surface area (Å²) in [6.07, 6.45) is 6.29. The molecule has 1 atom stereocenters. The van der Waals surface area contributed by atoms with Gasteiger partial charge in [-0.05, 0) is 32.1 Å². The second kappa shape index (κ2) is 3.81. The minimum atomic E-state index is 0.436. The van der Waals surface area contributed by atoms with Gasteiger partial charge < -0.3 is 5.73 Å². The molecule has 1 heterocycles. The van der Waals surface area contributed by atoms with Crippen molar-refractivity contribution in [2.24, 2.45) is 11.7 Å². The molecule has 1 unspecified atom stereocenters. The molecule has 0 radical (unpaired) electrons. The maximum atomic E-state index is 6.09. The second-order valence-electron chi connectivity index (χ2n) is 4.58. The molecule has 2 rings (SSSR count). The van der Waals surface area contributed by atoms with Crippen molar-refractivity contribution >= 4 is 0 Å². The summed E-state index contributed by atoms with van der Waals surface area (Å²) >= 11 is 0. The van der Waals surface area contributed by atoms with E-state index in [2.05, 4.69) is 17.9 Å². The molecule has 2 nitrogen and oxygen atoms in total. The Balaban J connectivity index is 1.77. The van der Waals surface area contributed by atoms with Crippen LogP contribution in [0.4, 0.5) is 0 Å². The number of nitrogens with zero attached hydrogens (tertiary/aromatic N) is 1. The normalized spacial score (nSPS) is 27.1. The first-order chi connectivity index (χ1) is 6.25. The Bertz CT molecular complexity index is 206. The molecule has 0 spiro atoms. The molecule has 0 amide bonds. The molecule has 0 aromatic heterocycles. The van der Waals surface area contributed by atoms with Gasteiger partial charge in [0.2, 0.25) is 0 Å². The van der Waals surface area contributed by atoms with Crippen LogP contribution in [0.1, 0.15) is 26.2 Å². The van der Waals surface area contributed by atoms with Crippen LogP contribution >= 0.6 is 0 Å². The average Bonchev–Trinajstić information content (AvgIpc) is 2.85. The minimum absolute atomic E-state index is 0.436. The topological polar surface area (TPSA) is 29.3 Å². The SMILES string of the molecule is CC1=CCCN(CC(N)C2CC2)C1. The van der Waals surface area contributed by atoms with Gasteiger partial charge in [0, 0.05) is 25.7 Å². The first kappa shape index (κ1) is 9.22. The molecule has 13 heavy (non-hydrogen) atoms. The molecule has 2 heteroatoms. The Morgan fingerprint density at radius 2 is 2.38 bits per heavy atom. The van der Waals surface area contributed by atoms with E-state index < -0.39 is 0 Å². The summed E-state index contributed by atoms with van der Waals surface area (Å²) in [7, 11) is 0. The molecule has 1 aliphatic carbocycles. The third-order valence-electron chi connectivity index (χ3n) is 3.11. The van der Waals surface area contributed by atoms with E-state index in [0.717, 1.165) is 19.0 Å². The monoisotopic (exact) mass is 180 g/mol. The van der Waals surface area contributed by atoms with Crippen LogP contribution in [0.2, 0.25) is 0 Å². The van der Waals surface area contributed by atoms with E-state index in [0.29, 0.717) is 6.04 Å². The summed E-state index contributed by atoms with van der Waals surface area (Å²) in [6, 6.07) is 0.436. The first-order valence-electron chi connectivity index (χ1n) is 5.39. The summed E-state index contributed by atoms with van der Waals surface area (Å²) in [5, 5.41) is 0. The van der Waals surface area contributed by atoms with Crippen LogP contribution in [-0.4, -0.2) is 30.6 Å². The highest BCUT2D eigenvalue weighted by atomic mass is 15.1. The van der Waals surface area contributed by atoms with Crippen molar-refractivity contribution in [3.63, 3.8) is 0 Å². The summed E-state index contributed by atoms with van der Waals surface area (Å²) in [5.41, 5.74) is 7.60. The molecular formula is C11H20N2. The van der Waals surface area contributed by atoms with E-state index >= 15 is 0 Å². The lowest BCUT2D eigenvalue weighted by molar-refractivity contribution is 0.262. The molecule has 0 saturated heterocycles. The van der Waals surface area contributed by atoms with Gasteiger partial charge in [-0.25, -0.2) is 0 Å². The van der Waals surface area contributed by atoms with E-state index in [1.54, 1.807) is 0 Å².